The monoisotopic (exact) mass is 278 g/mol. The van der Waals surface area contributed by atoms with Crippen LogP contribution in [-0.4, -0.2) is 19.7 Å². The van der Waals surface area contributed by atoms with Gasteiger partial charge in [-0.3, -0.25) is 0 Å². The zero-order chi connectivity index (χ0) is 15.0. The highest BCUT2D eigenvalue weighted by atomic mass is 16.5. The molecule has 1 aromatic rings. The van der Waals surface area contributed by atoms with Crippen LogP contribution in [0.5, 0.6) is 5.75 Å². The molecule has 20 heavy (non-hydrogen) atoms. The summed E-state index contributed by atoms with van der Waals surface area (Å²) in [7, 11) is 0. The molecule has 0 unspecified atom stereocenters. The smallest absolute Gasteiger partial charge is 0.122 e. The molecule has 0 aliphatic carbocycles. The molecule has 0 aliphatic rings. The van der Waals surface area contributed by atoms with E-state index >= 15 is 0 Å². The maximum Gasteiger partial charge on any atom is 0.122 e. The summed E-state index contributed by atoms with van der Waals surface area (Å²) in [5.74, 6) is 1.03. The van der Waals surface area contributed by atoms with Crippen molar-refractivity contribution in [2.75, 3.05) is 19.7 Å². The standard InChI is InChI=1S/C18H31NO/c1-6-7-11-19-12-8-13-20-17-10-9-16(14-15(17)2)18(3,4)5/h9-10,14,19H,6-8,11-13H2,1-5H3/p+1. The van der Waals surface area contributed by atoms with Crippen LogP contribution in [0.25, 0.3) is 0 Å². The Bertz CT molecular complexity index is 393. The fourth-order valence-electron chi connectivity index (χ4n) is 2.18. The van der Waals surface area contributed by atoms with E-state index in [2.05, 4.69) is 58.1 Å². The number of unbranched alkanes of at least 4 members (excludes halogenated alkanes) is 1. The number of ether oxygens (including phenoxy) is 1. The molecule has 0 spiro atoms. The van der Waals surface area contributed by atoms with E-state index in [1.54, 1.807) is 0 Å². The Balaban J connectivity index is 2.34. The lowest BCUT2D eigenvalue weighted by Gasteiger charge is -2.20. The quantitative estimate of drug-likeness (QED) is 0.724. The van der Waals surface area contributed by atoms with Crippen LogP contribution < -0.4 is 10.1 Å². The molecular formula is C18H32NO+. The third kappa shape index (κ3) is 5.96. The van der Waals surface area contributed by atoms with Crippen molar-refractivity contribution in [3.05, 3.63) is 29.3 Å². The Morgan fingerprint density at radius 1 is 1.10 bits per heavy atom. The molecule has 0 bridgehead atoms. The van der Waals surface area contributed by atoms with Crippen molar-refractivity contribution in [3.8, 4) is 5.75 Å². The minimum absolute atomic E-state index is 0.206. The number of rotatable bonds is 8. The van der Waals surface area contributed by atoms with Gasteiger partial charge in [-0.25, -0.2) is 0 Å². The summed E-state index contributed by atoms with van der Waals surface area (Å²) in [5.41, 5.74) is 2.82. The summed E-state index contributed by atoms with van der Waals surface area (Å²) >= 11 is 0. The first-order valence-electron chi connectivity index (χ1n) is 8.00. The Kier molecular flexibility index (Phi) is 7.08. The predicted octanol–water partition coefficient (Wildman–Crippen LogP) is 3.42. The third-order valence-corrected chi connectivity index (χ3v) is 3.61. The lowest BCUT2D eigenvalue weighted by molar-refractivity contribution is -0.655. The van der Waals surface area contributed by atoms with Crippen LogP contribution in [0.1, 0.15) is 58.1 Å². The van der Waals surface area contributed by atoms with Gasteiger partial charge in [-0.05, 0) is 36.0 Å². The summed E-state index contributed by atoms with van der Waals surface area (Å²) in [5, 5.41) is 2.39. The number of aryl methyl sites for hydroxylation is 1. The molecule has 1 aromatic carbocycles. The minimum atomic E-state index is 0.206. The van der Waals surface area contributed by atoms with Gasteiger partial charge in [0.25, 0.3) is 0 Å². The van der Waals surface area contributed by atoms with E-state index in [0.717, 1.165) is 18.8 Å². The summed E-state index contributed by atoms with van der Waals surface area (Å²) < 4.78 is 5.89. The number of benzene rings is 1. The highest BCUT2D eigenvalue weighted by Crippen LogP contribution is 2.27. The highest BCUT2D eigenvalue weighted by molar-refractivity contribution is 5.38. The lowest BCUT2D eigenvalue weighted by atomic mass is 9.86. The summed E-state index contributed by atoms with van der Waals surface area (Å²) in [6.07, 6.45) is 3.71. The minimum Gasteiger partial charge on any atom is -0.493 e. The number of hydrogen-bond acceptors (Lipinski definition) is 1. The molecule has 0 aliphatic heterocycles. The van der Waals surface area contributed by atoms with Crippen molar-refractivity contribution >= 4 is 0 Å². The second kappa shape index (κ2) is 8.31. The largest absolute Gasteiger partial charge is 0.493 e. The van der Waals surface area contributed by atoms with Gasteiger partial charge in [0, 0.05) is 6.42 Å². The average Bonchev–Trinajstić information content (AvgIpc) is 2.38. The molecule has 0 heterocycles. The molecule has 0 saturated heterocycles. The Morgan fingerprint density at radius 3 is 2.40 bits per heavy atom. The van der Waals surface area contributed by atoms with E-state index < -0.39 is 0 Å². The molecule has 0 radical (unpaired) electrons. The number of quaternary nitrogens is 1. The van der Waals surface area contributed by atoms with E-state index in [1.807, 2.05) is 0 Å². The van der Waals surface area contributed by atoms with Crippen LogP contribution in [0, 0.1) is 6.92 Å². The van der Waals surface area contributed by atoms with Gasteiger partial charge in [0.15, 0.2) is 0 Å². The lowest BCUT2D eigenvalue weighted by Crippen LogP contribution is -2.84. The van der Waals surface area contributed by atoms with E-state index in [9.17, 15) is 0 Å². The van der Waals surface area contributed by atoms with E-state index in [0.29, 0.717) is 0 Å². The Morgan fingerprint density at radius 2 is 1.80 bits per heavy atom. The second-order valence-corrected chi connectivity index (χ2v) is 6.65. The highest BCUT2D eigenvalue weighted by Gasteiger charge is 2.14. The normalized spacial score (nSPS) is 11.7. The van der Waals surface area contributed by atoms with Gasteiger partial charge >= 0.3 is 0 Å². The molecule has 0 amide bonds. The topological polar surface area (TPSA) is 25.8 Å². The predicted molar refractivity (Wildman–Crippen MR) is 86.6 cm³/mol. The van der Waals surface area contributed by atoms with Gasteiger partial charge in [0.1, 0.15) is 5.75 Å². The molecule has 0 aromatic heterocycles. The van der Waals surface area contributed by atoms with E-state index in [-0.39, 0.29) is 5.41 Å². The molecular weight excluding hydrogens is 246 g/mol. The molecule has 1 rings (SSSR count). The van der Waals surface area contributed by atoms with Gasteiger partial charge in [-0.2, -0.15) is 0 Å². The molecule has 2 heteroatoms. The fourth-order valence-corrected chi connectivity index (χ4v) is 2.18. The zero-order valence-electron chi connectivity index (χ0n) is 14.0. The maximum absolute atomic E-state index is 5.89. The van der Waals surface area contributed by atoms with Gasteiger partial charge in [-0.1, -0.05) is 46.2 Å². The van der Waals surface area contributed by atoms with Crippen LogP contribution in [0.15, 0.2) is 18.2 Å². The zero-order valence-corrected chi connectivity index (χ0v) is 14.0. The van der Waals surface area contributed by atoms with Crippen LogP contribution in [0.4, 0.5) is 0 Å². The Labute approximate surface area is 124 Å². The molecule has 2 N–H and O–H groups in total. The van der Waals surface area contributed by atoms with Gasteiger partial charge in [0.2, 0.25) is 0 Å². The van der Waals surface area contributed by atoms with Crippen LogP contribution >= 0.6 is 0 Å². The van der Waals surface area contributed by atoms with Crippen LogP contribution in [0.2, 0.25) is 0 Å². The van der Waals surface area contributed by atoms with Gasteiger partial charge in [0.05, 0.1) is 19.7 Å². The van der Waals surface area contributed by atoms with E-state index in [4.69, 9.17) is 4.74 Å². The molecule has 0 fully saturated rings. The maximum atomic E-state index is 5.89. The first kappa shape index (κ1) is 17.0. The average molecular weight is 278 g/mol. The van der Waals surface area contributed by atoms with Crippen LogP contribution in [0.3, 0.4) is 0 Å². The van der Waals surface area contributed by atoms with Crippen molar-refractivity contribution in [3.63, 3.8) is 0 Å². The molecule has 0 saturated carbocycles. The number of hydrogen-bond donors (Lipinski definition) is 1. The first-order valence-corrected chi connectivity index (χ1v) is 8.00. The van der Waals surface area contributed by atoms with E-state index in [1.165, 1.54) is 37.1 Å². The summed E-state index contributed by atoms with van der Waals surface area (Å²) in [6.45, 7) is 14.3. The summed E-state index contributed by atoms with van der Waals surface area (Å²) in [6, 6.07) is 6.56. The second-order valence-electron chi connectivity index (χ2n) is 6.65. The summed E-state index contributed by atoms with van der Waals surface area (Å²) in [4.78, 5) is 0. The molecule has 2 nitrogen and oxygen atoms in total. The SMILES string of the molecule is CCCC[NH2+]CCCOc1ccc(C(C)(C)C)cc1C. The van der Waals surface area contributed by atoms with Crippen LogP contribution in [-0.2, 0) is 5.41 Å². The van der Waals surface area contributed by atoms with Crippen molar-refractivity contribution in [1.82, 2.24) is 0 Å². The molecule has 0 atom stereocenters. The Hall–Kier alpha value is -1.02. The number of nitrogens with two attached hydrogens (primary N) is 1. The fraction of sp³-hybridized carbons (Fsp3) is 0.667. The third-order valence-electron chi connectivity index (χ3n) is 3.61. The van der Waals surface area contributed by atoms with Crippen molar-refractivity contribution in [2.45, 2.75) is 59.3 Å². The van der Waals surface area contributed by atoms with Crippen molar-refractivity contribution in [1.29, 1.82) is 0 Å². The van der Waals surface area contributed by atoms with Gasteiger partial charge < -0.3 is 10.1 Å². The first-order chi connectivity index (χ1) is 9.45. The van der Waals surface area contributed by atoms with Crippen molar-refractivity contribution in [2.24, 2.45) is 0 Å². The molecule has 114 valence electrons. The van der Waals surface area contributed by atoms with Gasteiger partial charge in [-0.15, -0.1) is 0 Å². The van der Waals surface area contributed by atoms with Crippen molar-refractivity contribution < 1.29 is 10.1 Å².